The van der Waals surface area contributed by atoms with Gasteiger partial charge in [-0.2, -0.15) is 4.31 Å². The number of hydrogen-bond donors (Lipinski definition) is 1. The number of benzene rings is 1. The van der Waals surface area contributed by atoms with Gasteiger partial charge in [0.15, 0.2) is 11.5 Å². The molecule has 1 aromatic carbocycles. The summed E-state index contributed by atoms with van der Waals surface area (Å²) in [4.78, 5) is 24.9. The molecule has 0 amide bonds. The van der Waals surface area contributed by atoms with Crippen LogP contribution in [-0.2, 0) is 10.0 Å². The fourth-order valence-electron chi connectivity index (χ4n) is 4.25. The van der Waals surface area contributed by atoms with Crippen molar-refractivity contribution >= 4 is 21.2 Å². The molecule has 0 aliphatic carbocycles. The summed E-state index contributed by atoms with van der Waals surface area (Å²) in [5, 5.41) is -0.493. The molecule has 0 radical (unpaired) electrons. The Kier molecular flexibility index (Phi) is 5.74. The van der Waals surface area contributed by atoms with Gasteiger partial charge >= 0.3 is 5.69 Å². The predicted molar refractivity (Wildman–Crippen MR) is 122 cm³/mol. The van der Waals surface area contributed by atoms with Crippen molar-refractivity contribution in [2.45, 2.75) is 57.7 Å². The zero-order chi connectivity index (χ0) is 22.3. The molecule has 1 aliphatic rings. The predicted octanol–water partition coefficient (Wildman–Crippen LogP) is 3.29. The lowest BCUT2D eigenvalue weighted by Crippen LogP contribution is -2.45. The third-order valence-corrected chi connectivity index (χ3v) is 8.20. The number of piperidine rings is 1. The van der Waals surface area contributed by atoms with Crippen LogP contribution in [0.4, 0.5) is 0 Å². The lowest BCUT2D eigenvalue weighted by atomic mass is 9.97. The molecule has 31 heavy (non-hydrogen) atoms. The van der Waals surface area contributed by atoms with E-state index in [-0.39, 0.29) is 18.3 Å². The summed E-state index contributed by atoms with van der Waals surface area (Å²) in [7, 11) is -3.38. The quantitative estimate of drug-likeness (QED) is 0.652. The molecular weight excluding hydrogens is 414 g/mol. The highest BCUT2D eigenvalue weighted by Gasteiger charge is 2.33. The zero-order valence-electron chi connectivity index (χ0n) is 18.4. The Morgan fingerprint density at radius 2 is 1.90 bits per heavy atom. The van der Waals surface area contributed by atoms with E-state index >= 15 is 0 Å². The Balaban J connectivity index is 1.79. The molecule has 3 aromatic rings. The fourth-order valence-corrected chi connectivity index (χ4v) is 5.61. The van der Waals surface area contributed by atoms with Gasteiger partial charge in [-0.3, -0.25) is 4.57 Å². The first kappa shape index (κ1) is 21.7. The number of nitrogens with zero attached hydrogens (tertiary/aromatic N) is 4. The minimum Gasteiger partial charge on any atom is -0.303 e. The lowest BCUT2D eigenvalue weighted by molar-refractivity contribution is 0.265. The van der Waals surface area contributed by atoms with E-state index in [1.165, 1.54) is 4.31 Å². The van der Waals surface area contributed by atoms with Crippen LogP contribution in [0.5, 0.6) is 0 Å². The maximum absolute atomic E-state index is 12.8. The second-order valence-electron chi connectivity index (χ2n) is 8.72. The number of hydrogen-bond acceptors (Lipinski definition) is 5. The van der Waals surface area contributed by atoms with E-state index in [9.17, 15) is 13.2 Å². The minimum atomic E-state index is -3.38. The highest BCUT2D eigenvalue weighted by atomic mass is 32.2. The summed E-state index contributed by atoms with van der Waals surface area (Å²) in [5.41, 5.74) is 2.86. The minimum absolute atomic E-state index is 0.272. The highest BCUT2D eigenvalue weighted by molar-refractivity contribution is 7.89. The maximum atomic E-state index is 12.8. The highest BCUT2D eigenvalue weighted by Crippen LogP contribution is 2.29. The number of imidazole rings is 1. The molecule has 2 aromatic heterocycles. The number of aromatic amines is 1. The van der Waals surface area contributed by atoms with Crippen LogP contribution in [0.1, 0.15) is 58.1 Å². The van der Waals surface area contributed by atoms with Gasteiger partial charge in [-0.25, -0.2) is 23.2 Å². The van der Waals surface area contributed by atoms with Crippen molar-refractivity contribution < 1.29 is 8.42 Å². The smallest absolute Gasteiger partial charge is 0.303 e. The van der Waals surface area contributed by atoms with Crippen molar-refractivity contribution in [1.29, 1.82) is 0 Å². The fraction of sp³-hybridized carbons (Fsp3) is 0.500. The molecule has 4 rings (SSSR count). The monoisotopic (exact) mass is 443 g/mol. The van der Waals surface area contributed by atoms with Crippen LogP contribution in [0.3, 0.4) is 0 Å². The second kappa shape index (κ2) is 8.20. The third-order valence-electron chi connectivity index (χ3n) is 5.96. The van der Waals surface area contributed by atoms with E-state index in [4.69, 9.17) is 4.98 Å². The summed E-state index contributed by atoms with van der Waals surface area (Å²) in [6.07, 6.45) is 3.06. The van der Waals surface area contributed by atoms with Crippen molar-refractivity contribution in [3.63, 3.8) is 0 Å². The van der Waals surface area contributed by atoms with Gasteiger partial charge in [-0.05, 0) is 38.2 Å². The summed E-state index contributed by atoms with van der Waals surface area (Å²) in [5.74, 6) is 0.865. The lowest BCUT2D eigenvalue weighted by Gasteiger charge is -2.33. The standard InChI is InChI=1S/C22H29N5O3S/c1-14(2)17-9-5-6-10-18(17)20-23-12-19-21(25-20)27(22(28)24-19)16-8-7-11-26(13-16)31(29,30)15(3)4/h5-6,9-10,12,14-16H,7-8,11,13H2,1-4H3,(H,24,28). The van der Waals surface area contributed by atoms with Gasteiger partial charge in [-0.1, -0.05) is 38.1 Å². The van der Waals surface area contributed by atoms with Gasteiger partial charge in [0.25, 0.3) is 0 Å². The van der Waals surface area contributed by atoms with Crippen molar-refractivity contribution in [1.82, 2.24) is 23.8 Å². The van der Waals surface area contributed by atoms with E-state index < -0.39 is 15.3 Å². The first-order valence-electron chi connectivity index (χ1n) is 10.8. The molecule has 0 spiro atoms. The zero-order valence-corrected chi connectivity index (χ0v) is 19.2. The molecule has 8 nitrogen and oxygen atoms in total. The van der Waals surface area contributed by atoms with E-state index in [0.29, 0.717) is 35.9 Å². The average Bonchev–Trinajstić information content (AvgIpc) is 3.08. The Morgan fingerprint density at radius 3 is 2.61 bits per heavy atom. The molecule has 0 bridgehead atoms. The van der Waals surface area contributed by atoms with Gasteiger partial charge < -0.3 is 4.98 Å². The normalized spacial score (nSPS) is 18.3. The molecule has 1 saturated heterocycles. The van der Waals surface area contributed by atoms with Crippen LogP contribution in [0.15, 0.2) is 35.3 Å². The molecule has 1 unspecified atom stereocenters. The van der Waals surface area contributed by atoms with Crippen LogP contribution in [0, 0.1) is 0 Å². The molecule has 1 fully saturated rings. The Bertz CT molecular complexity index is 1260. The van der Waals surface area contributed by atoms with Crippen LogP contribution < -0.4 is 5.69 Å². The number of H-pyrrole nitrogens is 1. The molecular formula is C22H29N5O3S. The van der Waals surface area contributed by atoms with Crippen molar-refractivity contribution in [3.05, 3.63) is 46.5 Å². The second-order valence-corrected chi connectivity index (χ2v) is 11.2. The first-order chi connectivity index (χ1) is 14.7. The molecule has 0 saturated carbocycles. The summed E-state index contributed by atoms with van der Waals surface area (Å²) in [6, 6.07) is 7.73. The molecule has 1 N–H and O–H groups in total. The van der Waals surface area contributed by atoms with Crippen LogP contribution in [0.2, 0.25) is 0 Å². The third kappa shape index (κ3) is 3.92. The number of fused-ring (bicyclic) bond motifs is 1. The van der Waals surface area contributed by atoms with E-state index in [1.807, 2.05) is 18.2 Å². The van der Waals surface area contributed by atoms with Crippen molar-refractivity contribution in [2.24, 2.45) is 0 Å². The van der Waals surface area contributed by atoms with E-state index in [1.54, 1.807) is 24.6 Å². The molecule has 166 valence electrons. The van der Waals surface area contributed by atoms with Crippen molar-refractivity contribution in [2.75, 3.05) is 13.1 Å². The van der Waals surface area contributed by atoms with Gasteiger partial charge in [0.2, 0.25) is 10.0 Å². The number of aromatic nitrogens is 4. The topological polar surface area (TPSA) is 101 Å². The number of rotatable bonds is 5. The van der Waals surface area contributed by atoms with Crippen LogP contribution >= 0.6 is 0 Å². The van der Waals surface area contributed by atoms with Gasteiger partial charge in [0.1, 0.15) is 5.52 Å². The molecule has 3 heterocycles. The number of nitrogens with one attached hydrogen (secondary N) is 1. The van der Waals surface area contributed by atoms with Crippen LogP contribution in [-0.4, -0.2) is 50.6 Å². The average molecular weight is 444 g/mol. The first-order valence-corrected chi connectivity index (χ1v) is 12.3. The van der Waals surface area contributed by atoms with Gasteiger partial charge in [0, 0.05) is 18.7 Å². The summed E-state index contributed by atoms with van der Waals surface area (Å²) >= 11 is 0. The van der Waals surface area contributed by atoms with Crippen molar-refractivity contribution in [3.8, 4) is 11.4 Å². The largest absolute Gasteiger partial charge is 0.328 e. The van der Waals surface area contributed by atoms with E-state index in [0.717, 1.165) is 17.5 Å². The Hall–Kier alpha value is -2.52. The van der Waals surface area contributed by atoms with Crippen LogP contribution in [0.25, 0.3) is 22.6 Å². The summed E-state index contributed by atoms with van der Waals surface area (Å²) < 4.78 is 28.5. The Morgan fingerprint density at radius 1 is 1.16 bits per heavy atom. The maximum Gasteiger partial charge on any atom is 0.328 e. The summed E-state index contributed by atoms with van der Waals surface area (Å²) in [6.45, 7) is 8.36. The van der Waals surface area contributed by atoms with Gasteiger partial charge in [0.05, 0.1) is 17.5 Å². The molecule has 9 heteroatoms. The SMILES string of the molecule is CC(C)c1ccccc1-c1ncc2[nH]c(=O)n(C3CCCN(S(=O)(=O)C(C)C)C3)c2n1. The van der Waals surface area contributed by atoms with Gasteiger partial charge in [-0.15, -0.1) is 0 Å². The Labute approximate surface area is 182 Å². The van der Waals surface area contributed by atoms with E-state index in [2.05, 4.69) is 29.9 Å². The molecule has 1 atom stereocenters. The number of sulfonamides is 1. The molecule has 1 aliphatic heterocycles.